The Morgan fingerprint density at radius 2 is 2.00 bits per heavy atom. The van der Waals surface area contributed by atoms with Crippen molar-refractivity contribution in [2.24, 2.45) is 4.99 Å². The van der Waals surface area contributed by atoms with Gasteiger partial charge < -0.3 is 15.2 Å². The van der Waals surface area contributed by atoms with Crippen LogP contribution in [0.4, 0.5) is 0 Å². The smallest absolute Gasteiger partial charge is 0.226 e. The first kappa shape index (κ1) is 23.4. The predicted molar refractivity (Wildman–Crippen MR) is 121 cm³/mol. The lowest BCUT2D eigenvalue weighted by Crippen LogP contribution is -2.37. The topological polar surface area (TPSA) is 75.3 Å². The van der Waals surface area contributed by atoms with Crippen LogP contribution in [0.3, 0.4) is 0 Å². The van der Waals surface area contributed by atoms with Crippen molar-refractivity contribution in [1.82, 2.24) is 20.8 Å². The number of hydrogen-bond donors (Lipinski definition) is 2. The molecular weight excluding hydrogens is 453 g/mol. The number of halogens is 1. The van der Waals surface area contributed by atoms with E-state index >= 15 is 0 Å². The Balaban J connectivity index is 0.00000364. The highest BCUT2D eigenvalue weighted by molar-refractivity contribution is 14.0. The van der Waals surface area contributed by atoms with E-state index in [-0.39, 0.29) is 24.0 Å². The van der Waals surface area contributed by atoms with Crippen molar-refractivity contribution in [2.75, 3.05) is 13.1 Å². The zero-order valence-electron chi connectivity index (χ0n) is 17.0. The lowest BCUT2D eigenvalue weighted by molar-refractivity contribution is 0.368. The zero-order chi connectivity index (χ0) is 18.9. The Bertz CT molecular complexity index is 727. The Morgan fingerprint density at radius 3 is 2.63 bits per heavy atom. The Kier molecular flexibility index (Phi) is 10.4. The van der Waals surface area contributed by atoms with Gasteiger partial charge in [0.2, 0.25) is 5.89 Å². The van der Waals surface area contributed by atoms with Crippen LogP contribution in [0.5, 0.6) is 0 Å². The number of aromatic nitrogens is 2. The molecule has 0 unspecified atom stereocenters. The first-order valence-corrected chi connectivity index (χ1v) is 9.40. The molecule has 0 saturated heterocycles. The molecule has 150 valence electrons. The monoisotopic (exact) mass is 485 g/mol. The maximum Gasteiger partial charge on any atom is 0.226 e. The first-order chi connectivity index (χ1) is 12.5. The fourth-order valence-corrected chi connectivity index (χ4v) is 2.58. The second-order valence-electron chi connectivity index (χ2n) is 6.86. The van der Waals surface area contributed by atoms with Gasteiger partial charge in [0.25, 0.3) is 0 Å². The van der Waals surface area contributed by atoms with Crippen LogP contribution in [-0.4, -0.2) is 29.2 Å². The van der Waals surface area contributed by atoms with Gasteiger partial charge in [-0.05, 0) is 38.3 Å². The highest BCUT2D eigenvalue weighted by Gasteiger charge is 2.09. The summed E-state index contributed by atoms with van der Waals surface area (Å²) >= 11 is 0. The molecule has 0 bridgehead atoms. The quantitative estimate of drug-likeness (QED) is 0.255. The van der Waals surface area contributed by atoms with E-state index < -0.39 is 0 Å². The number of nitrogens with one attached hydrogen (secondary N) is 2. The second kappa shape index (κ2) is 11.9. The lowest BCUT2D eigenvalue weighted by atomic mass is 10.1. The normalized spacial score (nSPS) is 11.4. The van der Waals surface area contributed by atoms with Gasteiger partial charge in [0.15, 0.2) is 11.8 Å². The van der Waals surface area contributed by atoms with Gasteiger partial charge in [0.05, 0.1) is 6.54 Å². The van der Waals surface area contributed by atoms with E-state index in [1.54, 1.807) is 0 Å². The Morgan fingerprint density at radius 1 is 1.22 bits per heavy atom. The van der Waals surface area contributed by atoms with Crippen LogP contribution in [0.2, 0.25) is 0 Å². The third kappa shape index (κ3) is 7.86. The van der Waals surface area contributed by atoms with Crippen LogP contribution in [0.25, 0.3) is 0 Å². The number of benzene rings is 1. The summed E-state index contributed by atoms with van der Waals surface area (Å²) in [4.78, 5) is 9.09. The zero-order valence-corrected chi connectivity index (χ0v) is 19.3. The van der Waals surface area contributed by atoms with E-state index in [4.69, 9.17) is 4.52 Å². The van der Waals surface area contributed by atoms with E-state index in [9.17, 15) is 0 Å². The van der Waals surface area contributed by atoms with Gasteiger partial charge in [-0.2, -0.15) is 4.98 Å². The van der Waals surface area contributed by atoms with Gasteiger partial charge in [-0.15, -0.1) is 24.0 Å². The molecule has 0 aliphatic heterocycles. The first-order valence-electron chi connectivity index (χ1n) is 9.40. The molecular formula is C20H32IN5O. The molecule has 0 radical (unpaired) electrons. The Hall–Kier alpha value is -1.64. The SMILES string of the molecule is CCNC(=NCc1ccc(C)cc1C)NCCCc1nc(C(C)C)no1.I. The van der Waals surface area contributed by atoms with Crippen molar-refractivity contribution in [2.45, 2.75) is 59.9 Å². The van der Waals surface area contributed by atoms with E-state index in [1.165, 1.54) is 16.7 Å². The summed E-state index contributed by atoms with van der Waals surface area (Å²) in [6, 6.07) is 6.48. The molecule has 0 amide bonds. The number of nitrogens with zero attached hydrogens (tertiary/aromatic N) is 3. The molecule has 0 atom stereocenters. The van der Waals surface area contributed by atoms with Gasteiger partial charge in [0, 0.05) is 25.4 Å². The fourth-order valence-electron chi connectivity index (χ4n) is 2.58. The third-order valence-corrected chi connectivity index (χ3v) is 4.11. The summed E-state index contributed by atoms with van der Waals surface area (Å²) in [6.45, 7) is 12.7. The molecule has 1 aromatic carbocycles. The molecule has 0 spiro atoms. The van der Waals surface area contributed by atoms with Crippen molar-refractivity contribution in [3.05, 3.63) is 46.6 Å². The minimum Gasteiger partial charge on any atom is -0.357 e. The highest BCUT2D eigenvalue weighted by Crippen LogP contribution is 2.12. The largest absolute Gasteiger partial charge is 0.357 e. The molecule has 0 fully saturated rings. The summed E-state index contributed by atoms with van der Waals surface area (Å²) in [6.07, 6.45) is 1.68. The fraction of sp³-hybridized carbons (Fsp3) is 0.550. The van der Waals surface area contributed by atoms with Crippen LogP contribution in [0.1, 0.15) is 61.5 Å². The van der Waals surface area contributed by atoms with Crippen LogP contribution in [-0.2, 0) is 13.0 Å². The minimum atomic E-state index is 0. The second-order valence-corrected chi connectivity index (χ2v) is 6.86. The summed E-state index contributed by atoms with van der Waals surface area (Å²) in [5.74, 6) is 2.60. The van der Waals surface area contributed by atoms with E-state index in [0.29, 0.717) is 18.4 Å². The summed E-state index contributed by atoms with van der Waals surface area (Å²) in [7, 11) is 0. The Labute approximate surface area is 179 Å². The average molecular weight is 485 g/mol. The van der Waals surface area contributed by atoms with E-state index in [1.807, 2.05) is 0 Å². The molecule has 7 heteroatoms. The van der Waals surface area contributed by atoms with Crippen molar-refractivity contribution < 1.29 is 4.52 Å². The molecule has 2 aromatic rings. The van der Waals surface area contributed by atoms with Gasteiger partial charge in [-0.1, -0.05) is 42.8 Å². The van der Waals surface area contributed by atoms with E-state index in [0.717, 1.165) is 37.7 Å². The van der Waals surface area contributed by atoms with Crippen molar-refractivity contribution >= 4 is 29.9 Å². The molecule has 0 aliphatic carbocycles. The molecule has 27 heavy (non-hydrogen) atoms. The minimum absolute atomic E-state index is 0. The molecule has 0 aliphatic rings. The lowest BCUT2D eigenvalue weighted by Gasteiger charge is -2.11. The van der Waals surface area contributed by atoms with Crippen LogP contribution < -0.4 is 10.6 Å². The van der Waals surface area contributed by atoms with Gasteiger partial charge in [-0.25, -0.2) is 4.99 Å². The van der Waals surface area contributed by atoms with Crippen LogP contribution in [0.15, 0.2) is 27.7 Å². The summed E-state index contributed by atoms with van der Waals surface area (Å²) in [5.41, 5.74) is 3.81. The number of rotatable bonds is 8. The number of aryl methyl sites for hydroxylation is 3. The molecule has 2 rings (SSSR count). The van der Waals surface area contributed by atoms with Gasteiger partial charge in [-0.3, -0.25) is 0 Å². The average Bonchev–Trinajstić information content (AvgIpc) is 3.07. The van der Waals surface area contributed by atoms with E-state index in [2.05, 4.69) is 78.6 Å². The molecule has 0 saturated carbocycles. The maximum atomic E-state index is 5.27. The summed E-state index contributed by atoms with van der Waals surface area (Å²) in [5, 5.41) is 10.7. The third-order valence-electron chi connectivity index (χ3n) is 4.11. The number of aliphatic imine (C=N–C) groups is 1. The molecule has 2 N–H and O–H groups in total. The molecule has 1 heterocycles. The standard InChI is InChI=1S/C20H31N5O.HI/c1-6-21-20(23-13-17-10-9-15(4)12-16(17)5)22-11-7-8-18-24-19(14(2)3)25-26-18;/h9-10,12,14H,6-8,11,13H2,1-5H3,(H2,21,22,23);1H. The van der Waals surface area contributed by atoms with Gasteiger partial charge in [0.1, 0.15) is 0 Å². The van der Waals surface area contributed by atoms with Crippen LogP contribution >= 0.6 is 24.0 Å². The molecule has 6 nitrogen and oxygen atoms in total. The van der Waals surface area contributed by atoms with Crippen molar-refractivity contribution in [1.29, 1.82) is 0 Å². The van der Waals surface area contributed by atoms with Crippen LogP contribution in [0, 0.1) is 13.8 Å². The number of hydrogen-bond acceptors (Lipinski definition) is 4. The predicted octanol–water partition coefficient (Wildman–Crippen LogP) is 4.12. The highest BCUT2D eigenvalue weighted by atomic mass is 127. The van der Waals surface area contributed by atoms with Gasteiger partial charge >= 0.3 is 0 Å². The maximum absolute atomic E-state index is 5.27. The summed E-state index contributed by atoms with van der Waals surface area (Å²) < 4.78 is 5.27. The number of guanidine groups is 1. The van der Waals surface area contributed by atoms with Crippen molar-refractivity contribution in [3.63, 3.8) is 0 Å². The van der Waals surface area contributed by atoms with Crippen molar-refractivity contribution in [3.8, 4) is 0 Å². The molecule has 1 aromatic heterocycles.